The Morgan fingerprint density at radius 3 is 2.60 bits per heavy atom. The Balaban J connectivity index is 0.000000444. The van der Waals surface area contributed by atoms with Crippen LogP contribution in [-0.4, -0.2) is 21.1 Å². The molecule has 0 aliphatic carbocycles. The molecule has 2 rings (SSSR count). The lowest BCUT2D eigenvalue weighted by molar-refractivity contribution is -0.112. The van der Waals surface area contributed by atoms with Crippen molar-refractivity contribution in [2.75, 3.05) is 5.75 Å². The second-order valence-electron chi connectivity index (χ2n) is 4.10. The number of aryl methyl sites for hydroxylation is 1. The summed E-state index contributed by atoms with van der Waals surface area (Å²) >= 11 is 1.44. The Bertz CT molecular complexity index is 602. The number of benzene rings is 1. The van der Waals surface area contributed by atoms with Crippen molar-refractivity contribution in [2.24, 2.45) is 7.05 Å². The molecule has 0 aliphatic heterocycles. The van der Waals surface area contributed by atoms with Gasteiger partial charge < -0.3 is 4.57 Å². The van der Waals surface area contributed by atoms with E-state index in [0.717, 1.165) is 22.6 Å². The van der Waals surface area contributed by atoms with Crippen LogP contribution in [0.5, 0.6) is 0 Å². The maximum Gasteiger partial charge on any atom is 0.169 e. The van der Waals surface area contributed by atoms with Gasteiger partial charge in [0, 0.05) is 7.05 Å². The molecule has 0 saturated heterocycles. The summed E-state index contributed by atoms with van der Waals surface area (Å²) in [6.45, 7) is 8.99. The number of ketones is 1. The van der Waals surface area contributed by atoms with E-state index in [4.69, 9.17) is 0 Å². The molecule has 0 atom stereocenters. The Morgan fingerprint density at radius 2 is 2.05 bits per heavy atom. The van der Waals surface area contributed by atoms with Gasteiger partial charge in [0.2, 0.25) is 0 Å². The third kappa shape index (κ3) is 4.38. The van der Waals surface area contributed by atoms with Crippen LogP contribution in [-0.2, 0) is 11.8 Å². The van der Waals surface area contributed by atoms with Crippen LogP contribution in [0.25, 0.3) is 11.0 Å². The highest BCUT2D eigenvalue weighted by atomic mass is 32.2. The minimum Gasteiger partial charge on any atom is -0.322 e. The van der Waals surface area contributed by atoms with Crippen LogP contribution in [0, 0.1) is 0 Å². The van der Waals surface area contributed by atoms with Gasteiger partial charge in [-0.2, -0.15) is 0 Å². The predicted molar refractivity (Wildman–Crippen MR) is 87.1 cm³/mol. The molecule has 106 valence electrons. The zero-order chi connectivity index (χ0) is 15.0. The van der Waals surface area contributed by atoms with Crippen LogP contribution in [0.2, 0.25) is 0 Å². The van der Waals surface area contributed by atoms with Crippen LogP contribution in [0.4, 0.5) is 0 Å². The summed E-state index contributed by atoms with van der Waals surface area (Å²) in [5.74, 6) is 0.415. The first-order chi connectivity index (χ1) is 9.63. The molecule has 20 heavy (non-hydrogen) atoms. The van der Waals surface area contributed by atoms with Crippen LogP contribution < -0.4 is 0 Å². The van der Waals surface area contributed by atoms with Gasteiger partial charge in [0.1, 0.15) is 0 Å². The van der Waals surface area contributed by atoms with Crippen LogP contribution in [0.1, 0.15) is 13.3 Å². The van der Waals surface area contributed by atoms with Gasteiger partial charge in [0.15, 0.2) is 10.9 Å². The first kappa shape index (κ1) is 16.2. The predicted octanol–water partition coefficient (Wildman–Crippen LogP) is 4.00. The van der Waals surface area contributed by atoms with Crippen molar-refractivity contribution in [1.29, 1.82) is 0 Å². The van der Waals surface area contributed by atoms with E-state index < -0.39 is 0 Å². The van der Waals surface area contributed by atoms with E-state index in [1.54, 1.807) is 0 Å². The zero-order valence-corrected chi connectivity index (χ0v) is 12.8. The fourth-order valence-corrected chi connectivity index (χ4v) is 2.29. The van der Waals surface area contributed by atoms with Gasteiger partial charge in [-0.1, -0.05) is 43.5 Å². The number of aromatic nitrogens is 2. The topological polar surface area (TPSA) is 34.9 Å². The summed E-state index contributed by atoms with van der Waals surface area (Å²) in [4.78, 5) is 15.6. The van der Waals surface area contributed by atoms with E-state index >= 15 is 0 Å². The molecular formula is C16H20N2OS. The minimum absolute atomic E-state index is 0.0251. The molecule has 0 aliphatic rings. The highest BCUT2D eigenvalue weighted by Crippen LogP contribution is 2.22. The van der Waals surface area contributed by atoms with Crippen molar-refractivity contribution >= 4 is 28.6 Å². The SMILES string of the molecule is C=CC(=O)CSc1nc2ccccc2n1C.C=CCC. The summed E-state index contributed by atoms with van der Waals surface area (Å²) in [5, 5.41) is 0.858. The fourth-order valence-electron chi connectivity index (χ4n) is 1.45. The molecule has 0 spiro atoms. The van der Waals surface area contributed by atoms with Crippen molar-refractivity contribution in [3.63, 3.8) is 0 Å². The monoisotopic (exact) mass is 288 g/mol. The fraction of sp³-hybridized carbons (Fsp3) is 0.250. The first-order valence-electron chi connectivity index (χ1n) is 6.44. The van der Waals surface area contributed by atoms with Crippen molar-refractivity contribution in [1.82, 2.24) is 9.55 Å². The Morgan fingerprint density at radius 1 is 1.40 bits per heavy atom. The summed E-state index contributed by atoms with van der Waals surface area (Å²) < 4.78 is 2.00. The maximum absolute atomic E-state index is 11.1. The minimum atomic E-state index is 0.0251. The van der Waals surface area contributed by atoms with Crippen molar-refractivity contribution < 1.29 is 4.79 Å². The maximum atomic E-state index is 11.1. The highest BCUT2D eigenvalue weighted by molar-refractivity contribution is 7.99. The zero-order valence-electron chi connectivity index (χ0n) is 12.0. The molecule has 0 radical (unpaired) electrons. The van der Waals surface area contributed by atoms with Gasteiger partial charge in [-0.25, -0.2) is 4.98 Å². The molecule has 2 aromatic rings. The molecule has 1 aromatic carbocycles. The Hall–Kier alpha value is -1.81. The number of rotatable bonds is 5. The molecule has 0 amide bonds. The van der Waals surface area contributed by atoms with E-state index in [1.165, 1.54) is 17.8 Å². The molecule has 0 saturated carbocycles. The number of para-hydroxylation sites is 2. The van der Waals surface area contributed by atoms with Crippen LogP contribution >= 0.6 is 11.8 Å². The molecule has 4 heteroatoms. The smallest absolute Gasteiger partial charge is 0.169 e. The van der Waals surface area contributed by atoms with Gasteiger partial charge in [-0.15, -0.1) is 6.58 Å². The van der Waals surface area contributed by atoms with Gasteiger partial charge >= 0.3 is 0 Å². The number of carbonyl (C=O) groups excluding carboxylic acids is 1. The normalized spacial score (nSPS) is 9.70. The van der Waals surface area contributed by atoms with E-state index in [0.29, 0.717) is 5.75 Å². The number of imidazole rings is 1. The van der Waals surface area contributed by atoms with Gasteiger partial charge in [0.25, 0.3) is 0 Å². The number of allylic oxidation sites excluding steroid dienone is 2. The quantitative estimate of drug-likeness (QED) is 0.474. The molecular weight excluding hydrogens is 268 g/mol. The van der Waals surface area contributed by atoms with Gasteiger partial charge in [-0.05, 0) is 24.6 Å². The number of nitrogens with zero attached hydrogens (tertiary/aromatic N) is 2. The van der Waals surface area contributed by atoms with Gasteiger partial charge in [0.05, 0.1) is 16.8 Å². The molecule has 1 aromatic heterocycles. The Labute approximate surface area is 124 Å². The van der Waals surface area contributed by atoms with Gasteiger partial charge in [-0.3, -0.25) is 4.79 Å². The second kappa shape index (κ2) is 8.38. The van der Waals surface area contributed by atoms with E-state index in [9.17, 15) is 4.79 Å². The van der Waals surface area contributed by atoms with Crippen molar-refractivity contribution in [3.05, 3.63) is 49.6 Å². The van der Waals surface area contributed by atoms with E-state index in [-0.39, 0.29) is 5.78 Å². The molecule has 0 bridgehead atoms. The number of carbonyl (C=O) groups is 1. The van der Waals surface area contributed by atoms with E-state index in [2.05, 4.69) is 25.1 Å². The lowest BCUT2D eigenvalue weighted by Gasteiger charge is -1.99. The molecule has 0 fully saturated rings. The molecule has 0 unspecified atom stereocenters. The molecule has 3 nitrogen and oxygen atoms in total. The highest BCUT2D eigenvalue weighted by Gasteiger charge is 2.08. The summed E-state index contributed by atoms with van der Waals surface area (Å²) in [6.07, 6.45) is 4.30. The Kier molecular flexibility index (Phi) is 6.81. The number of thioether (sulfide) groups is 1. The average molecular weight is 288 g/mol. The first-order valence-corrected chi connectivity index (χ1v) is 7.43. The lowest BCUT2D eigenvalue weighted by Crippen LogP contribution is -1.98. The second-order valence-corrected chi connectivity index (χ2v) is 5.04. The molecule has 1 heterocycles. The van der Waals surface area contributed by atoms with Crippen molar-refractivity contribution in [3.8, 4) is 0 Å². The summed E-state index contributed by atoms with van der Waals surface area (Å²) in [6, 6.07) is 7.92. The number of hydrogen-bond donors (Lipinski definition) is 0. The summed E-state index contributed by atoms with van der Waals surface area (Å²) in [7, 11) is 1.95. The van der Waals surface area contributed by atoms with Crippen LogP contribution in [0.15, 0.2) is 54.7 Å². The lowest BCUT2D eigenvalue weighted by atomic mass is 10.3. The third-order valence-electron chi connectivity index (χ3n) is 2.61. The number of fused-ring (bicyclic) bond motifs is 1. The van der Waals surface area contributed by atoms with Crippen molar-refractivity contribution in [2.45, 2.75) is 18.5 Å². The summed E-state index contributed by atoms with van der Waals surface area (Å²) in [5.41, 5.74) is 2.04. The number of hydrogen-bond acceptors (Lipinski definition) is 3. The standard InChI is InChI=1S/C12H12N2OS.C4H8/c1-3-9(15)8-16-12-13-10-6-4-5-7-11(10)14(12)2;1-3-4-2/h3-7H,1,8H2,2H3;3H,1,4H2,2H3. The van der Waals surface area contributed by atoms with E-state index in [1.807, 2.05) is 42.0 Å². The third-order valence-corrected chi connectivity index (χ3v) is 3.66. The average Bonchev–Trinajstić information content (AvgIpc) is 2.82. The largest absolute Gasteiger partial charge is 0.322 e. The van der Waals surface area contributed by atoms with Crippen LogP contribution in [0.3, 0.4) is 0 Å². The molecule has 0 N–H and O–H groups in total.